The second-order valence-electron chi connectivity index (χ2n) is 8.49. The van der Waals surface area contributed by atoms with Crippen molar-refractivity contribution in [3.8, 4) is 22.8 Å². The number of fused-ring (bicyclic) bond motifs is 1. The lowest BCUT2D eigenvalue weighted by Gasteiger charge is -2.12. The standard InChI is InChI=1S/C27H22FN7O3/c1-35(2)27(37)32-19-11-17(13-29-14-19)16-7-9-22-20(12-16)25(34-33-22)26(36)31-18-8-10-24(30-15-18)38-23-6-4-3-5-21(23)28/h3-15H,1-2H3,(H,31,36)(H,32,37)(H,33,34). The molecule has 5 aromatic rings. The molecule has 0 aliphatic heterocycles. The molecule has 0 fully saturated rings. The van der Waals surface area contributed by atoms with Gasteiger partial charge in [0.05, 0.1) is 29.3 Å². The SMILES string of the molecule is CN(C)C(=O)Nc1cncc(-c2ccc3[nH]nc(C(=O)Nc4ccc(Oc5ccccc5F)nc4)c3c2)c1. The average molecular weight is 512 g/mol. The predicted molar refractivity (Wildman–Crippen MR) is 141 cm³/mol. The Kier molecular flexibility index (Phi) is 6.64. The van der Waals surface area contributed by atoms with E-state index in [2.05, 4.69) is 30.8 Å². The van der Waals surface area contributed by atoms with Crippen LogP contribution in [0.15, 0.2) is 79.3 Å². The summed E-state index contributed by atoms with van der Waals surface area (Å²) >= 11 is 0. The van der Waals surface area contributed by atoms with Crippen LogP contribution in [0.3, 0.4) is 0 Å². The number of hydrogen-bond donors (Lipinski definition) is 3. The van der Waals surface area contributed by atoms with Crippen LogP contribution in [0.1, 0.15) is 10.5 Å². The summed E-state index contributed by atoms with van der Waals surface area (Å²) in [6.07, 6.45) is 4.64. The molecule has 38 heavy (non-hydrogen) atoms. The summed E-state index contributed by atoms with van der Waals surface area (Å²) in [4.78, 5) is 34.8. The van der Waals surface area contributed by atoms with Crippen LogP contribution < -0.4 is 15.4 Å². The fourth-order valence-electron chi connectivity index (χ4n) is 3.61. The van der Waals surface area contributed by atoms with Crippen LogP contribution in [0.5, 0.6) is 11.6 Å². The number of hydrogen-bond acceptors (Lipinski definition) is 6. The molecule has 0 spiro atoms. The van der Waals surface area contributed by atoms with Gasteiger partial charge < -0.3 is 20.3 Å². The molecule has 0 atom stereocenters. The van der Waals surface area contributed by atoms with Crippen molar-refractivity contribution in [3.63, 3.8) is 0 Å². The molecule has 10 nitrogen and oxygen atoms in total. The Morgan fingerprint density at radius 3 is 2.53 bits per heavy atom. The number of halogens is 1. The summed E-state index contributed by atoms with van der Waals surface area (Å²) in [5.74, 6) is -0.711. The number of rotatable bonds is 6. The van der Waals surface area contributed by atoms with Gasteiger partial charge in [0.15, 0.2) is 17.3 Å². The Labute approximate surface area is 216 Å². The summed E-state index contributed by atoms with van der Waals surface area (Å²) in [6.45, 7) is 0. The van der Waals surface area contributed by atoms with Crippen molar-refractivity contribution in [1.82, 2.24) is 25.1 Å². The van der Waals surface area contributed by atoms with E-state index in [1.54, 1.807) is 50.8 Å². The first-order chi connectivity index (χ1) is 18.4. The van der Waals surface area contributed by atoms with Gasteiger partial charge in [-0.3, -0.25) is 14.9 Å². The third kappa shape index (κ3) is 5.26. The van der Waals surface area contributed by atoms with Crippen LogP contribution >= 0.6 is 0 Å². The van der Waals surface area contributed by atoms with E-state index in [1.165, 1.54) is 29.3 Å². The highest BCUT2D eigenvalue weighted by Crippen LogP contribution is 2.28. The van der Waals surface area contributed by atoms with E-state index < -0.39 is 11.7 Å². The van der Waals surface area contributed by atoms with Crippen molar-refractivity contribution in [3.05, 3.63) is 90.8 Å². The number of ether oxygens (including phenoxy) is 1. The Bertz CT molecular complexity index is 1630. The second kappa shape index (κ2) is 10.3. The summed E-state index contributed by atoms with van der Waals surface area (Å²) in [5.41, 5.74) is 3.37. The van der Waals surface area contributed by atoms with Gasteiger partial charge in [0.25, 0.3) is 5.91 Å². The topological polar surface area (TPSA) is 125 Å². The van der Waals surface area contributed by atoms with Gasteiger partial charge in [-0.15, -0.1) is 0 Å². The van der Waals surface area contributed by atoms with Crippen molar-refractivity contribution < 1.29 is 18.7 Å². The minimum Gasteiger partial charge on any atom is -0.436 e. The summed E-state index contributed by atoms with van der Waals surface area (Å²) < 4.78 is 19.3. The highest BCUT2D eigenvalue weighted by Gasteiger charge is 2.16. The number of nitrogens with one attached hydrogen (secondary N) is 3. The highest BCUT2D eigenvalue weighted by molar-refractivity contribution is 6.11. The zero-order chi connectivity index (χ0) is 26.6. The largest absolute Gasteiger partial charge is 0.436 e. The first kappa shape index (κ1) is 24.4. The molecule has 3 aromatic heterocycles. The van der Waals surface area contributed by atoms with Gasteiger partial charge in [0.1, 0.15) is 0 Å². The Morgan fingerprint density at radius 1 is 0.921 bits per heavy atom. The molecule has 0 saturated carbocycles. The lowest BCUT2D eigenvalue weighted by Crippen LogP contribution is -2.27. The molecule has 190 valence electrons. The third-order valence-electron chi connectivity index (χ3n) is 5.55. The third-order valence-corrected chi connectivity index (χ3v) is 5.55. The van der Waals surface area contributed by atoms with Crippen molar-refractivity contribution >= 4 is 34.2 Å². The van der Waals surface area contributed by atoms with Crippen molar-refractivity contribution in [2.75, 3.05) is 24.7 Å². The van der Waals surface area contributed by atoms with E-state index in [4.69, 9.17) is 4.74 Å². The van der Waals surface area contributed by atoms with Crippen molar-refractivity contribution in [1.29, 1.82) is 0 Å². The van der Waals surface area contributed by atoms with E-state index in [0.29, 0.717) is 22.3 Å². The van der Waals surface area contributed by atoms with Gasteiger partial charge in [-0.2, -0.15) is 5.10 Å². The molecule has 0 bridgehead atoms. The lowest BCUT2D eigenvalue weighted by molar-refractivity contribution is 0.102. The first-order valence-electron chi connectivity index (χ1n) is 11.5. The molecule has 0 aliphatic carbocycles. The van der Waals surface area contributed by atoms with E-state index in [-0.39, 0.29) is 23.4 Å². The molecule has 3 amide bonds. The minimum absolute atomic E-state index is 0.0522. The summed E-state index contributed by atoms with van der Waals surface area (Å²) in [6, 6.07) is 16.2. The van der Waals surface area contributed by atoms with Gasteiger partial charge in [0.2, 0.25) is 5.88 Å². The molecule has 2 aromatic carbocycles. The molecule has 11 heteroatoms. The van der Waals surface area contributed by atoms with Crippen LogP contribution in [0.25, 0.3) is 22.0 Å². The number of pyridine rings is 2. The number of carbonyl (C=O) groups is 2. The van der Waals surface area contributed by atoms with Gasteiger partial charge in [-0.1, -0.05) is 18.2 Å². The fourth-order valence-corrected chi connectivity index (χ4v) is 3.61. The number of anilines is 2. The minimum atomic E-state index is -0.503. The molecule has 0 radical (unpaired) electrons. The number of urea groups is 1. The Morgan fingerprint density at radius 2 is 1.76 bits per heavy atom. The second-order valence-corrected chi connectivity index (χ2v) is 8.49. The molecule has 0 unspecified atom stereocenters. The van der Waals surface area contributed by atoms with Crippen molar-refractivity contribution in [2.45, 2.75) is 0 Å². The van der Waals surface area contributed by atoms with E-state index in [0.717, 1.165) is 11.1 Å². The number of benzene rings is 2. The maximum Gasteiger partial charge on any atom is 0.321 e. The summed E-state index contributed by atoms with van der Waals surface area (Å²) in [7, 11) is 3.30. The smallest absolute Gasteiger partial charge is 0.321 e. The Balaban J connectivity index is 1.34. The molecule has 3 heterocycles. The number of aromatic nitrogens is 4. The number of amides is 3. The molecule has 5 rings (SSSR count). The number of aromatic amines is 1. The quantitative estimate of drug-likeness (QED) is 0.284. The molecular weight excluding hydrogens is 489 g/mol. The van der Waals surface area contributed by atoms with E-state index in [1.807, 2.05) is 18.2 Å². The monoisotopic (exact) mass is 511 g/mol. The van der Waals surface area contributed by atoms with Gasteiger partial charge in [-0.25, -0.2) is 14.2 Å². The van der Waals surface area contributed by atoms with Crippen LogP contribution in [-0.2, 0) is 0 Å². The first-order valence-corrected chi connectivity index (χ1v) is 11.5. The number of para-hydroxylation sites is 1. The van der Waals surface area contributed by atoms with E-state index in [9.17, 15) is 14.0 Å². The normalized spacial score (nSPS) is 10.7. The molecule has 0 aliphatic rings. The number of H-pyrrole nitrogens is 1. The van der Waals surface area contributed by atoms with Crippen LogP contribution in [-0.4, -0.2) is 51.1 Å². The fraction of sp³-hybridized carbons (Fsp3) is 0.0741. The molecular formula is C27H22FN7O3. The van der Waals surface area contributed by atoms with Crippen LogP contribution in [0, 0.1) is 5.82 Å². The van der Waals surface area contributed by atoms with E-state index >= 15 is 0 Å². The van der Waals surface area contributed by atoms with Gasteiger partial charge in [-0.05, 0) is 42.0 Å². The zero-order valence-corrected chi connectivity index (χ0v) is 20.4. The van der Waals surface area contributed by atoms with Crippen molar-refractivity contribution in [2.24, 2.45) is 0 Å². The molecule has 3 N–H and O–H groups in total. The van der Waals surface area contributed by atoms with Crippen LogP contribution in [0.4, 0.5) is 20.6 Å². The Hall–Kier alpha value is -5.32. The van der Waals surface area contributed by atoms with Crippen LogP contribution in [0.2, 0.25) is 0 Å². The van der Waals surface area contributed by atoms with Gasteiger partial charge in [0, 0.05) is 37.3 Å². The maximum absolute atomic E-state index is 13.8. The number of carbonyl (C=O) groups excluding carboxylic acids is 2. The lowest BCUT2D eigenvalue weighted by atomic mass is 10.0. The number of nitrogens with zero attached hydrogens (tertiary/aromatic N) is 4. The van der Waals surface area contributed by atoms with Gasteiger partial charge >= 0.3 is 6.03 Å². The highest BCUT2D eigenvalue weighted by atomic mass is 19.1. The zero-order valence-electron chi connectivity index (χ0n) is 20.4. The maximum atomic E-state index is 13.8. The molecule has 0 saturated heterocycles. The average Bonchev–Trinajstić information content (AvgIpc) is 3.35. The predicted octanol–water partition coefficient (Wildman–Crippen LogP) is 5.30. The summed E-state index contributed by atoms with van der Waals surface area (Å²) in [5, 5.41) is 13.2.